The molecule has 1 rings (SSSR count). The molecule has 0 unspecified atom stereocenters. The Morgan fingerprint density at radius 1 is 1.14 bits per heavy atom. The maximum absolute atomic E-state index is 12.7. The number of likely N-dealkylation sites (N-methyl/N-ethyl adjacent to an activating group) is 1. The zero-order chi connectivity index (χ0) is 16.9. The van der Waals surface area contributed by atoms with Gasteiger partial charge in [-0.1, -0.05) is 52.8 Å². The Morgan fingerprint density at radius 2 is 1.68 bits per heavy atom. The average Bonchev–Trinajstić information content (AvgIpc) is 2.43. The molecule has 0 saturated heterocycles. The lowest BCUT2D eigenvalue weighted by molar-refractivity contribution is -0.131. The Labute approximate surface area is 133 Å². The molecule has 0 saturated carbocycles. The summed E-state index contributed by atoms with van der Waals surface area (Å²) in [6, 6.07) is 8.61. The number of Topliss-reactive ketones (excluding diaryl/α,β-unsaturated/α-hetero) is 1. The first-order valence-corrected chi connectivity index (χ1v) is 7.76. The number of carbonyl (C=O) groups is 2. The summed E-state index contributed by atoms with van der Waals surface area (Å²) in [7, 11) is 1.69. The molecule has 1 atom stereocenters. The molecule has 0 spiro atoms. The number of hydrogen-bond acceptors (Lipinski definition) is 2. The summed E-state index contributed by atoms with van der Waals surface area (Å²) in [5.74, 6) is 0.426. The highest BCUT2D eigenvalue weighted by molar-refractivity contribution is 5.95. The number of hydrogen-bond donors (Lipinski definition) is 1. The Kier molecular flexibility index (Phi) is 6.15. The smallest absolute Gasteiger partial charge is 0.318 e. The molecular weight excluding hydrogens is 276 g/mol. The van der Waals surface area contributed by atoms with Crippen molar-refractivity contribution in [3.05, 3.63) is 30.3 Å². The molecule has 4 nitrogen and oxygen atoms in total. The molecule has 0 aliphatic heterocycles. The topological polar surface area (TPSA) is 49.4 Å². The number of nitrogens with zero attached hydrogens (tertiary/aromatic N) is 1. The Bertz CT molecular complexity index is 504. The van der Waals surface area contributed by atoms with Crippen molar-refractivity contribution in [1.29, 1.82) is 0 Å². The van der Waals surface area contributed by atoms with Crippen LogP contribution in [0.1, 0.15) is 41.0 Å². The average molecular weight is 304 g/mol. The predicted octanol–water partition coefficient (Wildman–Crippen LogP) is 4.18. The van der Waals surface area contributed by atoms with Gasteiger partial charge in [-0.25, -0.2) is 4.79 Å². The van der Waals surface area contributed by atoms with Gasteiger partial charge in [0.1, 0.15) is 0 Å². The van der Waals surface area contributed by atoms with Crippen LogP contribution in [-0.2, 0) is 4.79 Å². The van der Waals surface area contributed by atoms with E-state index in [4.69, 9.17) is 0 Å². The van der Waals surface area contributed by atoms with E-state index in [1.807, 2.05) is 51.1 Å². The number of ketones is 1. The molecule has 0 heterocycles. The van der Waals surface area contributed by atoms with E-state index in [0.717, 1.165) is 5.69 Å². The summed E-state index contributed by atoms with van der Waals surface area (Å²) in [5.41, 5.74) is 0.256. The molecule has 1 aromatic rings. The lowest BCUT2D eigenvalue weighted by atomic mass is 9.83. The molecule has 1 N–H and O–H groups in total. The van der Waals surface area contributed by atoms with E-state index < -0.39 is 11.5 Å². The third kappa shape index (κ3) is 5.17. The second-order valence-corrected chi connectivity index (χ2v) is 7.17. The van der Waals surface area contributed by atoms with E-state index in [1.165, 1.54) is 4.90 Å². The molecular formula is C18H28N2O2. The Hall–Kier alpha value is -1.84. The SMILES string of the molecule is CC(C)C[C@H](C(=O)C(C)(C)C)N(C)C(=O)Nc1ccccc1. The quantitative estimate of drug-likeness (QED) is 0.887. The lowest BCUT2D eigenvalue weighted by Crippen LogP contribution is -2.48. The van der Waals surface area contributed by atoms with Crippen LogP contribution in [0.15, 0.2) is 30.3 Å². The minimum absolute atomic E-state index is 0.0897. The van der Waals surface area contributed by atoms with Gasteiger partial charge in [0.2, 0.25) is 0 Å². The van der Waals surface area contributed by atoms with Crippen LogP contribution >= 0.6 is 0 Å². The summed E-state index contributed by atoms with van der Waals surface area (Å²) < 4.78 is 0. The Balaban J connectivity index is 2.89. The number of rotatable bonds is 5. The van der Waals surface area contributed by atoms with Gasteiger partial charge < -0.3 is 10.2 Å². The largest absolute Gasteiger partial charge is 0.322 e. The number of benzene rings is 1. The second kappa shape index (κ2) is 7.43. The van der Waals surface area contributed by atoms with Crippen LogP contribution < -0.4 is 5.32 Å². The van der Waals surface area contributed by atoms with Gasteiger partial charge in [-0.15, -0.1) is 0 Å². The number of anilines is 1. The fourth-order valence-electron chi connectivity index (χ4n) is 2.26. The zero-order valence-electron chi connectivity index (χ0n) is 14.5. The first kappa shape index (κ1) is 18.2. The summed E-state index contributed by atoms with van der Waals surface area (Å²) in [6.07, 6.45) is 0.662. The van der Waals surface area contributed by atoms with Crippen molar-refractivity contribution in [2.75, 3.05) is 12.4 Å². The highest BCUT2D eigenvalue weighted by Gasteiger charge is 2.34. The molecule has 0 aromatic heterocycles. The zero-order valence-corrected chi connectivity index (χ0v) is 14.5. The van der Waals surface area contributed by atoms with Gasteiger partial charge in [-0.05, 0) is 24.5 Å². The van der Waals surface area contributed by atoms with Crippen LogP contribution in [0.25, 0.3) is 0 Å². The number of amides is 2. The van der Waals surface area contributed by atoms with E-state index in [1.54, 1.807) is 7.05 Å². The molecule has 0 bridgehead atoms. The number of nitrogens with one attached hydrogen (secondary N) is 1. The van der Waals surface area contributed by atoms with Crippen LogP contribution in [0.4, 0.5) is 10.5 Å². The fraction of sp³-hybridized carbons (Fsp3) is 0.556. The van der Waals surface area contributed by atoms with Crippen molar-refractivity contribution in [3.8, 4) is 0 Å². The molecule has 0 radical (unpaired) electrons. The van der Waals surface area contributed by atoms with Crippen LogP contribution in [0, 0.1) is 11.3 Å². The second-order valence-electron chi connectivity index (χ2n) is 7.17. The highest BCUT2D eigenvalue weighted by atomic mass is 16.2. The van der Waals surface area contributed by atoms with Crippen LogP contribution in [0.3, 0.4) is 0 Å². The summed E-state index contributed by atoms with van der Waals surface area (Å²) in [6.45, 7) is 9.81. The third-order valence-electron chi connectivity index (χ3n) is 3.55. The highest BCUT2D eigenvalue weighted by Crippen LogP contribution is 2.23. The lowest BCUT2D eigenvalue weighted by Gasteiger charge is -2.33. The molecule has 0 fully saturated rings. The molecule has 122 valence electrons. The first-order chi connectivity index (χ1) is 10.1. The molecule has 1 aromatic carbocycles. The van der Waals surface area contributed by atoms with Crippen molar-refractivity contribution >= 4 is 17.5 Å². The van der Waals surface area contributed by atoms with E-state index in [2.05, 4.69) is 19.2 Å². The standard InChI is InChI=1S/C18H28N2O2/c1-13(2)12-15(16(21)18(3,4)5)20(6)17(22)19-14-10-8-7-9-11-14/h7-11,13,15H,12H2,1-6H3,(H,19,22)/t15-/m1/s1. The predicted molar refractivity (Wildman–Crippen MR) is 90.9 cm³/mol. The van der Waals surface area contributed by atoms with Crippen molar-refractivity contribution in [3.63, 3.8) is 0 Å². The van der Waals surface area contributed by atoms with Crippen LogP contribution in [-0.4, -0.2) is 29.8 Å². The van der Waals surface area contributed by atoms with Crippen molar-refractivity contribution in [2.24, 2.45) is 11.3 Å². The van der Waals surface area contributed by atoms with Gasteiger partial charge in [-0.2, -0.15) is 0 Å². The minimum Gasteiger partial charge on any atom is -0.318 e. The van der Waals surface area contributed by atoms with Crippen molar-refractivity contribution < 1.29 is 9.59 Å². The van der Waals surface area contributed by atoms with Gasteiger partial charge in [0.05, 0.1) is 6.04 Å². The van der Waals surface area contributed by atoms with Gasteiger partial charge >= 0.3 is 6.03 Å². The molecule has 4 heteroatoms. The third-order valence-corrected chi connectivity index (χ3v) is 3.55. The van der Waals surface area contributed by atoms with Gasteiger partial charge in [0, 0.05) is 18.2 Å². The molecule has 0 aliphatic carbocycles. The van der Waals surface area contributed by atoms with Gasteiger partial charge in [-0.3, -0.25) is 4.79 Å². The summed E-state index contributed by atoms with van der Waals surface area (Å²) in [4.78, 5) is 26.6. The maximum atomic E-state index is 12.7. The maximum Gasteiger partial charge on any atom is 0.322 e. The summed E-state index contributed by atoms with van der Waals surface area (Å²) >= 11 is 0. The van der Waals surface area contributed by atoms with Crippen molar-refractivity contribution in [2.45, 2.75) is 47.1 Å². The first-order valence-electron chi connectivity index (χ1n) is 7.76. The number of urea groups is 1. The fourth-order valence-corrected chi connectivity index (χ4v) is 2.26. The monoisotopic (exact) mass is 304 g/mol. The van der Waals surface area contributed by atoms with Crippen molar-refractivity contribution in [1.82, 2.24) is 4.90 Å². The van der Waals surface area contributed by atoms with E-state index >= 15 is 0 Å². The Morgan fingerprint density at radius 3 is 2.14 bits per heavy atom. The van der Waals surface area contributed by atoms with Gasteiger partial charge in [0.15, 0.2) is 5.78 Å². The molecule has 22 heavy (non-hydrogen) atoms. The van der Waals surface area contributed by atoms with E-state index in [9.17, 15) is 9.59 Å². The van der Waals surface area contributed by atoms with E-state index in [0.29, 0.717) is 12.3 Å². The number of para-hydroxylation sites is 1. The van der Waals surface area contributed by atoms with Crippen LogP contribution in [0.5, 0.6) is 0 Å². The number of carbonyl (C=O) groups excluding carboxylic acids is 2. The molecule has 2 amide bonds. The minimum atomic E-state index is -0.471. The van der Waals surface area contributed by atoms with Gasteiger partial charge in [0.25, 0.3) is 0 Å². The summed E-state index contributed by atoms with van der Waals surface area (Å²) in [5, 5.41) is 2.84. The normalized spacial score (nSPS) is 12.9. The van der Waals surface area contributed by atoms with E-state index in [-0.39, 0.29) is 11.8 Å². The van der Waals surface area contributed by atoms with Crippen LogP contribution in [0.2, 0.25) is 0 Å². The molecule has 0 aliphatic rings.